The van der Waals surface area contributed by atoms with Gasteiger partial charge in [0.15, 0.2) is 0 Å². The van der Waals surface area contributed by atoms with Crippen LogP contribution < -0.4 is 0 Å². The summed E-state index contributed by atoms with van der Waals surface area (Å²) in [5, 5.41) is 25.0. The van der Waals surface area contributed by atoms with E-state index < -0.39 is 17.9 Å². The minimum Gasteiger partial charge on any atom is -0.477 e. The first-order chi connectivity index (χ1) is 18.9. The van der Waals surface area contributed by atoms with Gasteiger partial charge < -0.3 is 15.3 Å². The van der Waals surface area contributed by atoms with E-state index in [9.17, 15) is 14.4 Å². The van der Waals surface area contributed by atoms with Gasteiger partial charge in [0, 0.05) is 38.1 Å². The van der Waals surface area contributed by atoms with Gasteiger partial charge in [0.1, 0.15) is 17.1 Å². The Morgan fingerprint density at radius 1 is 0.442 bits per heavy atom. The summed E-state index contributed by atoms with van der Waals surface area (Å²) in [5.74, 6) is -2.97. The molecule has 3 N–H and O–H groups in total. The van der Waals surface area contributed by atoms with E-state index in [4.69, 9.17) is 15.3 Å². The minimum atomic E-state index is -0.990. The number of carbonyl (C=O) groups is 3. The Labute approximate surface area is 271 Å². The fourth-order valence-electron chi connectivity index (χ4n) is 1.47. The number of aromatic carboxylic acids is 3. The summed E-state index contributed by atoms with van der Waals surface area (Å²) in [7, 11) is 0. The average molecular weight is 651 g/mol. The van der Waals surface area contributed by atoms with Gasteiger partial charge >= 0.3 is 17.9 Å². The predicted molar refractivity (Wildman–Crippen MR) is 169 cm³/mol. The van der Waals surface area contributed by atoms with Gasteiger partial charge in [0.25, 0.3) is 0 Å². The van der Waals surface area contributed by atoms with Crippen LogP contribution in [0.2, 0.25) is 0 Å². The zero-order valence-corrected chi connectivity index (χ0v) is 31.0. The second-order valence-corrected chi connectivity index (χ2v) is 13.6. The first-order valence-electron chi connectivity index (χ1n) is 13.3. The second-order valence-electron chi connectivity index (χ2n) is 13.6. The molecule has 0 spiro atoms. The molecular formula is C33H51N3O6Zn. The summed E-state index contributed by atoms with van der Waals surface area (Å²) < 4.78 is 0. The second kappa shape index (κ2) is 24.0. The van der Waals surface area contributed by atoms with Crippen LogP contribution in [-0.2, 0) is 19.5 Å². The number of rotatable bonds is 3. The van der Waals surface area contributed by atoms with E-state index in [0.717, 1.165) is 0 Å². The van der Waals surface area contributed by atoms with Crippen LogP contribution in [0.15, 0.2) is 73.2 Å². The van der Waals surface area contributed by atoms with E-state index in [-0.39, 0.29) is 36.6 Å². The molecule has 9 nitrogen and oxygen atoms in total. The summed E-state index contributed by atoms with van der Waals surface area (Å²) in [4.78, 5) is 41.2. The third-order valence-corrected chi connectivity index (χ3v) is 2.65. The molecule has 3 heterocycles. The molecule has 3 aromatic rings. The maximum Gasteiger partial charge on any atom is 0.354 e. The van der Waals surface area contributed by atoms with Gasteiger partial charge in [-0.3, -0.25) is 0 Å². The van der Waals surface area contributed by atoms with Gasteiger partial charge in [-0.25, -0.2) is 29.3 Å². The van der Waals surface area contributed by atoms with Gasteiger partial charge in [0.05, 0.1) is 0 Å². The zero-order valence-electron chi connectivity index (χ0n) is 28.0. The topological polar surface area (TPSA) is 151 Å². The van der Waals surface area contributed by atoms with Crippen molar-refractivity contribution in [2.45, 2.75) is 83.1 Å². The van der Waals surface area contributed by atoms with E-state index in [0.29, 0.717) is 16.2 Å². The van der Waals surface area contributed by atoms with Gasteiger partial charge in [0.2, 0.25) is 0 Å². The van der Waals surface area contributed by atoms with Crippen LogP contribution in [0.4, 0.5) is 0 Å². The quantitative estimate of drug-likeness (QED) is 0.237. The molecule has 0 atom stereocenters. The van der Waals surface area contributed by atoms with E-state index in [1.807, 2.05) is 0 Å². The Bertz CT molecular complexity index is 960. The SMILES string of the molecule is CC(C)(C)C.CC(C)(C)C.CC(C)(C)C.O=C(O)c1ccccn1.O=C(O)c1ccccn1.O=C(O)c1ccccn1.[Zn]. The smallest absolute Gasteiger partial charge is 0.354 e. The molecule has 43 heavy (non-hydrogen) atoms. The molecule has 0 saturated carbocycles. The first-order valence-corrected chi connectivity index (χ1v) is 13.3. The van der Waals surface area contributed by atoms with Crippen molar-refractivity contribution in [1.82, 2.24) is 15.0 Å². The first kappa shape index (κ1) is 46.4. The van der Waals surface area contributed by atoms with Gasteiger partial charge in [-0.15, -0.1) is 0 Å². The van der Waals surface area contributed by atoms with Crippen molar-refractivity contribution < 1.29 is 49.2 Å². The van der Waals surface area contributed by atoms with Crippen molar-refractivity contribution in [2.24, 2.45) is 16.2 Å². The maximum absolute atomic E-state index is 10.1. The van der Waals surface area contributed by atoms with Crippen LogP contribution in [0, 0.1) is 16.2 Å². The van der Waals surface area contributed by atoms with Crippen molar-refractivity contribution in [3.63, 3.8) is 0 Å². The van der Waals surface area contributed by atoms with Crippen LogP contribution in [0.25, 0.3) is 0 Å². The van der Waals surface area contributed by atoms with Crippen LogP contribution in [-0.4, -0.2) is 48.2 Å². The van der Waals surface area contributed by atoms with E-state index in [2.05, 4.69) is 98.0 Å². The van der Waals surface area contributed by atoms with E-state index in [1.54, 1.807) is 36.4 Å². The number of aromatic nitrogens is 3. The van der Waals surface area contributed by atoms with Crippen molar-refractivity contribution in [3.8, 4) is 0 Å². The van der Waals surface area contributed by atoms with Crippen molar-refractivity contribution in [3.05, 3.63) is 90.3 Å². The Morgan fingerprint density at radius 2 is 0.605 bits per heavy atom. The van der Waals surface area contributed by atoms with E-state index >= 15 is 0 Å². The molecule has 3 aromatic heterocycles. The zero-order chi connectivity index (χ0) is 33.6. The molecule has 3 rings (SSSR count). The standard InChI is InChI=1S/3C6H5NO2.3C5H12.Zn/c3*8-6(9)5-3-1-2-4-7-5;3*1-5(2,3)4;/h3*1-4H,(H,8,9);3*1-4H3;. The van der Waals surface area contributed by atoms with Crippen molar-refractivity contribution >= 4 is 17.9 Å². The predicted octanol–water partition coefficient (Wildman–Crippen LogP) is 8.49. The minimum absolute atomic E-state index is 0. The molecular weight excluding hydrogens is 600 g/mol. The summed E-state index contributed by atoms with van der Waals surface area (Å²) in [6.45, 7) is 26.2. The van der Waals surface area contributed by atoms with Gasteiger partial charge in [-0.1, -0.05) is 101 Å². The molecule has 0 radical (unpaired) electrons. The number of nitrogens with zero attached hydrogens (tertiary/aromatic N) is 3. The fourth-order valence-corrected chi connectivity index (χ4v) is 1.47. The molecule has 0 unspecified atom stereocenters. The number of pyridine rings is 3. The number of carboxylic acid groups (broad SMARTS) is 3. The number of carboxylic acids is 3. The van der Waals surface area contributed by atoms with Crippen LogP contribution in [0.3, 0.4) is 0 Å². The molecule has 0 amide bonds. The molecule has 0 aliphatic heterocycles. The van der Waals surface area contributed by atoms with Crippen molar-refractivity contribution in [1.29, 1.82) is 0 Å². The number of hydrogen-bond donors (Lipinski definition) is 3. The van der Waals surface area contributed by atoms with E-state index in [1.165, 1.54) is 36.8 Å². The summed E-state index contributed by atoms with van der Waals surface area (Å²) >= 11 is 0. The number of hydrogen-bond acceptors (Lipinski definition) is 6. The maximum atomic E-state index is 10.1. The fraction of sp³-hybridized carbons (Fsp3) is 0.455. The van der Waals surface area contributed by atoms with Gasteiger partial charge in [-0.05, 0) is 52.6 Å². The normalized spacial score (nSPS) is 9.77. The summed E-state index contributed by atoms with van der Waals surface area (Å²) in [6, 6.07) is 14.3. The molecule has 0 aliphatic carbocycles. The van der Waals surface area contributed by atoms with Crippen LogP contribution in [0.1, 0.15) is 115 Å². The largest absolute Gasteiger partial charge is 0.477 e. The van der Waals surface area contributed by atoms with Crippen LogP contribution >= 0.6 is 0 Å². The Balaban J connectivity index is -0.000000216. The van der Waals surface area contributed by atoms with Crippen molar-refractivity contribution in [2.75, 3.05) is 0 Å². The Morgan fingerprint density at radius 3 is 0.674 bits per heavy atom. The molecule has 0 aromatic carbocycles. The third kappa shape index (κ3) is 48.5. The van der Waals surface area contributed by atoms with Gasteiger partial charge in [-0.2, -0.15) is 0 Å². The Hall–Kier alpha value is -3.52. The average Bonchev–Trinajstić information content (AvgIpc) is 2.83. The van der Waals surface area contributed by atoms with Crippen LogP contribution in [0.5, 0.6) is 0 Å². The molecule has 0 fully saturated rings. The Kier molecular flexibility index (Phi) is 25.9. The molecule has 236 valence electrons. The summed E-state index contributed by atoms with van der Waals surface area (Å²) in [6.07, 6.45) is 4.34. The molecule has 0 saturated heterocycles. The summed E-state index contributed by atoms with van der Waals surface area (Å²) in [5.41, 5.74) is 1.74. The molecule has 0 bridgehead atoms. The third-order valence-electron chi connectivity index (χ3n) is 2.65. The molecule has 10 heteroatoms. The molecule has 0 aliphatic rings. The monoisotopic (exact) mass is 649 g/mol.